The van der Waals surface area contributed by atoms with Crippen LogP contribution in [0.3, 0.4) is 0 Å². The first kappa shape index (κ1) is 31.3. The minimum atomic E-state index is -0.966. The van der Waals surface area contributed by atoms with Gasteiger partial charge in [-0.25, -0.2) is 4.79 Å². The third kappa shape index (κ3) is 13.8. The van der Waals surface area contributed by atoms with Gasteiger partial charge in [-0.1, -0.05) is 42.5 Å². The Morgan fingerprint density at radius 3 is 2.35 bits per heavy atom. The van der Waals surface area contributed by atoms with Crippen LogP contribution in [-0.2, 0) is 23.8 Å². The maximum atomic E-state index is 11.4. The van der Waals surface area contributed by atoms with Gasteiger partial charge in [-0.2, -0.15) is 0 Å². The minimum Gasteiger partial charge on any atom is -0.507 e. The Labute approximate surface area is 220 Å². The highest BCUT2D eigenvalue weighted by Gasteiger charge is 2.16. The second-order valence-electron chi connectivity index (χ2n) is 7.45. The van der Waals surface area contributed by atoms with Crippen molar-refractivity contribution < 1.29 is 33.7 Å². The summed E-state index contributed by atoms with van der Waals surface area (Å²) in [4.78, 5) is 39.2. The number of carbonyl (C=O) groups is 2. The molecular weight excluding hydrogens is 500 g/mol. The molecule has 0 saturated heterocycles. The van der Waals surface area contributed by atoms with Gasteiger partial charge in [-0.15, -0.1) is 16.2 Å². The number of benzene rings is 2. The average Bonchev–Trinajstić information content (AvgIpc) is 3.37. The third-order valence-corrected chi connectivity index (χ3v) is 5.40. The monoisotopic (exact) mass is 534 g/mol. The van der Waals surface area contributed by atoms with Crippen LogP contribution in [-0.4, -0.2) is 61.8 Å². The predicted octanol–water partition coefficient (Wildman–Crippen LogP) is 5.67. The molecule has 10 nitrogen and oxygen atoms in total. The average molecular weight is 535 g/mol. The molecule has 0 spiro atoms. The van der Waals surface area contributed by atoms with E-state index < -0.39 is 18.4 Å². The van der Waals surface area contributed by atoms with Crippen molar-refractivity contribution in [3.63, 3.8) is 0 Å². The number of carbonyl (C=O) groups excluding carboxylic acids is 2. The predicted molar refractivity (Wildman–Crippen MR) is 142 cm³/mol. The largest absolute Gasteiger partial charge is 0.507 e. The number of esters is 1. The number of hydrogen-bond acceptors (Lipinski definition) is 10. The molecular formula is C26H34N2O8S. The number of rotatable bonds is 10. The number of thiophene rings is 1. The van der Waals surface area contributed by atoms with Gasteiger partial charge in [0.25, 0.3) is 0 Å². The minimum absolute atomic E-state index is 0.0000252. The van der Waals surface area contributed by atoms with E-state index in [0.29, 0.717) is 12.3 Å². The zero-order valence-corrected chi connectivity index (χ0v) is 22.3. The molecule has 1 heterocycles. The second kappa shape index (κ2) is 18.6. The van der Waals surface area contributed by atoms with Crippen molar-refractivity contribution in [3.05, 3.63) is 69.8 Å². The number of ether oxygens (including phenoxy) is 3. The number of amides is 1. The van der Waals surface area contributed by atoms with Crippen LogP contribution >= 0.6 is 11.3 Å². The first-order valence-corrected chi connectivity index (χ1v) is 12.5. The van der Waals surface area contributed by atoms with Crippen molar-refractivity contribution in [3.8, 4) is 5.75 Å². The number of nitrogens with zero attached hydrogens (tertiary/aromatic N) is 2. The summed E-state index contributed by atoms with van der Waals surface area (Å²) in [5.41, 5.74) is 0. The standard InChI is InChI=1S/C11H20N2O7.C10H8O.C5H6S/c1-4-13(3)11(15)20-9(2)19-10(14)5-6-17-7-8-18-12-16;11-10-7-3-5-8-4-1-2-6-9(8)10;1-5-3-2-4-6-5/h9H,4-8H2,1-3H3;1-7,11H;2-4H,1H3. The van der Waals surface area contributed by atoms with Crippen molar-refractivity contribution in [1.82, 2.24) is 4.90 Å². The second-order valence-corrected chi connectivity index (χ2v) is 8.60. The van der Waals surface area contributed by atoms with E-state index in [0.717, 1.165) is 10.8 Å². The van der Waals surface area contributed by atoms with E-state index in [4.69, 9.17) is 14.2 Å². The molecule has 1 atom stereocenters. The van der Waals surface area contributed by atoms with Gasteiger partial charge < -0.3 is 29.1 Å². The molecule has 1 aromatic heterocycles. The molecule has 3 rings (SSSR count). The maximum absolute atomic E-state index is 11.4. The lowest BCUT2D eigenvalue weighted by Crippen LogP contribution is -2.32. The van der Waals surface area contributed by atoms with E-state index in [1.54, 1.807) is 31.4 Å². The number of aromatic hydroxyl groups is 1. The Morgan fingerprint density at radius 2 is 1.76 bits per heavy atom. The van der Waals surface area contributed by atoms with Crippen LogP contribution in [0.15, 0.2) is 65.3 Å². The number of phenolic OH excluding ortho intramolecular Hbond substituents is 1. The summed E-state index contributed by atoms with van der Waals surface area (Å²) in [7, 11) is 1.57. The van der Waals surface area contributed by atoms with Gasteiger partial charge in [0, 0.05) is 30.8 Å². The molecule has 0 aliphatic carbocycles. The quantitative estimate of drug-likeness (QED) is 0.116. The molecule has 1 amide bonds. The SMILES string of the molecule is CCN(C)C(=O)OC(C)OC(=O)CCOCCON=O.Cc1cccs1.Oc1cccc2ccccc12. The van der Waals surface area contributed by atoms with E-state index in [2.05, 4.69) is 34.6 Å². The molecule has 0 aliphatic heterocycles. The maximum Gasteiger partial charge on any atom is 0.412 e. The molecule has 0 radical (unpaired) electrons. The van der Waals surface area contributed by atoms with Crippen LogP contribution in [0, 0.1) is 11.8 Å². The van der Waals surface area contributed by atoms with Crippen LogP contribution in [0.1, 0.15) is 25.1 Å². The highest BCUT2D eigenvalue weighted by atomic mass is 32.1. The van der Waals surface area contributed by atoms with Crippen LogP contribution in [0.25, 0.3) is 10.8 Å². The zero-order chi connectivity index (χ0) is 27.5. The first-order valence-electron chi connectivity index (χ1n) is 11.6. The van der Waals surface area contributed by atoms with Crippen LogP contribution in [0.2, 0.25) is 0 Å². The Hall–Kier alpha value is -3.70. The Morgan fingerprint density at radius 1 is 1.03 bits per heavy atom. The summed E-state index contributed by atoms with van der Waals surface area (Å²) in [5.74, 6) is -0.206. The van der Waals surface area contributed by atoms with Gasteiger partial charge in [0.1, 0.15) is 12.4 Å². The topological polar surface area (TPSA) is 124 Å². The molecule has 37 heavy (non-hydrogen) atoms. The summed E-state index contributed by atoms with van der Waals surface area (Å²) >= 11 is 1.78. The van der Waals surface area contributed by atoms with Crippen molar-refractivity contribution in [2.75, 3.05) is 33.4 Å². The number of aryl methyl sites for hydroxylation is 1. The summed E-state index contributed by atoms with van der Waals surface area (Å²) in [5, 5.41) is 15.6. The number of fused-ring (bicyclic) bond motifs is 1. The molecule has 11 heteroatoms. The van der Waals surface area contributed by atoms with Crippen molar-refractivity contribution in [2.24, 2.45) is 5.34 Å². The van der Waals surface area contributed by atoms with Gasteiger partial charge >= 0.3 is 12.1 Å². The molecule has 0 bridgehead atoms. The molecule has 3 aromatic rings. The molecule has 2 aromatic carbocycles. The molecule has 1 unspecified atom stereocenters. The van der Waals surface area contributed by atoms with E-state index in [1.165, 1.54) is 16.7 Å². The molecule has 1 N–H and O–H groups in total. The highest BCUT2D eigenvalue weighted by molar-refractivity contribution is 7.09. The highest BCUT2D eigenvalue weighted by Crippen LogP contribution is 2.22. The summed E-state index contributed by atoms with van der Waals surface area (Å²) in [6.45, 7) is 6.11. The van der Waals surface area contributed by atoms with Crippen LogP contribution in [0.4, 0.5) is 4.79 Å². The first-order chi connectivity index (χ1) is 17.8. The van der Waals surface area contributed by atoms with E-state index in [-0.39, 0.29) is 26.2 Å². The van der Waals surface area contributed by atoms with Crippen molar-refractivity contribution >= 4 is 34.2 Å². The summed E-state index contributed by atoms with van der Waals surface area (Å²) in [6, 6.07) is 17.4. The molecule has 0 saturated carbocycles. The van der Waals surface area contributed by atoms with Crippen LogP contribution < -0.4 is 0 Å². The van der Waals surface area contributed by atoms with E-state index >= 15 is 0 Å². The summed E-state index contributed by atoms with van der Waals surface area (Å²) < 4.78 is 14.7. The lowest BCUT2D eigenvalue weighted by molar-refractivity contribution is -0.167. The normalized spacial score (nSPS) is 10.6. The Balaban J connectivity index is 0.000000328. The Bertz CT molecular complexity index is 1060. The van der Waals surface area contributed by atoms with Crippen molar-refractivity contribution in [1.29, 1.82) is 0 Å². The van der Waals surface area contributed by atoms with Gasteiger partial charge in [-0.3, -0.25) is 4.79 Å². The Kier molecular flexibility index (Phi) is 15.7. The summed E-state index contributed by atoms with van der Waals surface area (Å²) in [6.07, 6.45) is -1.53. The lowest BCUT2D eigenvalue weighted by Gasteiger charge is -2.18. The molecule has 202 valence electrons. The third-order valence-electron chi connectivity index (χ3n) is 4.60. The van der Waals surface area contributed by atoms with Crippen LogP contribution in [0.5, 0.6) is 5.75 Å². The fourth-order valence-electron chi connectivity index (χ4n) is 2.59. The number of phenols is 1. The van der Waals surface area contributed by atoms with Gasteiger partial charge in [0.15, 0.2) is 5.34 Å². The molecule has 0 fully saturated rings. The fraction of sp³-hybridized carbons (Fsp3) is 0.385. The van der Waals surface area contributed by atoms with Crippen molar-refractivity contribution in [2.45, 2.75) is 33.5 Å². The van der Waals surface area contributed by atoms with Gasteiger partial charge in [0.05, 0.1) is 19.6 Å². The smallest absolute Gasteiger partial charge is 0.412 e. The molecule has 0 aliphatic rings. The van der Waals surface area contributed by atoms with Gasteiger partial charge in [-0.05, 0) is 36.7 Å². The van der Waals surface area contributed by atoms with E-state index in [9.17, 15) is 19.6 Å². The van der Waals surface area contributed by atoms with E-state index in [1.807, 2.05) is 36.4 Å². The number of hydrogen-bond donors (Lipinski definition) is 1. The fourth-order valence-corrected chi connectivity index (χ4v) is 3.12. The van der Waals surface area contributed by atoms with Gasteiger partial charge in [0.2, 0.25) is 6.29 Å². The lowest BCUT2D eigenvalue weighted by atomic mass is 10.1. The zero-order valence-electron chi connectivity index (χ0n) is 21.5.